The number of halogens is 1. The second-order valence-corrected chi connectivity index (χ2v) is 4.40. The molecular formula is C14H13ClN2O. The molecule has 4 heteroatoms. The summed E-state index contributed by atoms with van der Waals surface area (Å²) in [6.07, 6.45) is 0. The van der Waals surface area contributed by atoms with E-state index in [0.717, 1.165) is 5.56 Å². The Bertz CT molecular complexity index is 596. The number of carbonyl (C=O) groups excluding carboxylic acids is 1. The molecule has 92 valence electrons. The molecule has 0 aromatic heterocycles. The molecule has 0 aliphatic heterocycles. The van der Waals surface area contributed by atoms with Crippen molar-refractivity contribution in [2.24, 2.45) is 0 Å². The number of hydrogen-bond acceptors (Lipinski definition) is 2. The Morgan fingerprint density at radius 2 is 1.94 bits per heavy atom. The standard InChI is InChI=1S/C14H13ClN2O/c1-9-12(6-3-7-13(9)15)14(18)17-11-5-2-4-10(16)8-11/h2-8H,16H2,1H3,(H,17,18). The van der Waals surface area contributed by atoms with E-state index in [4.69, 9.17) is 17.3 Å². The van der Waals surface area contributed by atoms with Crippen LogP contribution in [0.2, 0.25) is 5.02 Å². The van der Waals surface area contributed by atoms with Crippen LogP contribution in [0.3, 0.4) is 0 Å². The Labute approximate surface area is 111 Å². The lowest BCUT2D eigenvalue weighted by Gasteiger charge is -2.09. The van der Waals surface area contributed by atoms with Crippen molar-refractivity contribution in [3.63, 3.8) is 0 Å². The lowest BCUT2D eigenvalue weighted by molar-refractivity contribution is 0.102. The molecule has 3 N–H and O–H groups in total. The maximum Gasteiger partial charge on any atom is 0.255 e. The van der Waals surface area contributed by atoms with E-state index in [-0.39, 0.29) is 5.91 Å². The molecule has 2 rings (SSSR count). The molecule has 2 aromatic rings. The molecule has 0 fully saturated rings. The summed E-state index contributed by atoms with van der Waals surface area (Å²) in [6, 6.07) is 12.3. The smallest absolute Gasteiger partial charge is 0.255 e. The van der Waals surface area contributed by atoms with Gasteiger partial charge in [0.25, 0.3) is 5.91 Å². The number of amides is 1. The van der Waals surface area contributed by atoms with Crippen LogP contribution in [0.5, 0.6) is 0 Å². The van der Waals surface area contributed by atoms with E-state index >= 15 is 0 Å². The van der Waals surface area contributed by atoms with Gasteiger partial charge in [-0.15, -0.1) is 0 Å². The van der Waals surface area contributed by atoms with Crippen LogP contribution >= 0.6 is 11.6 Å². The van der Waals surface area contributed by atoms with Gasteiger partial charge in [0.1, 0.15) is 0 Å². The molecule has 0 heterocycles. The van der Waals surface area contributed by atoms with Crippen LogP contribution in [-0.4, -0.2) is 5.91 Å². The number of nitrogens with two attached hydrogens (primary N) is 1. The molecule has 0 unspecified atom stereocenters. The molecule has 0 radical (unpaired) electrons. The number of hydrogen-bond donors (Lipinski definition) is 2. The van der Waals surface area contributed by atoms with Crippen molar-refractivity contribution in [3.8, 4) is 0 Å². The number of benzene rings is 2. The maximum absolute atomic E-state index is 12.1. The van der Waals surface area contributed by atoms with Crippen LogP contribution in [0.25, 0.3) is 0 Å². The van der Waals surface area contributed by atoms with Crippen molar-refractivity contribution < 1.29 is 4.79 Å². The lowest BCUT2D eigenvalue weighted by atomic mass is 10.1. The first-order valence-corrected chi connectivity index (χ1v) is 5.88. The van der Waals surface area contributed by atoms with Crippen molar-refractivity contribution in [1.82, 2.24) is 0 Å². The Morgan fingerprint density at radius 1 is 1.22 bits per heavy atom. The largest absolute Gasteiger partial charge is 0.399 e. The second-order valence-electron chi connectivity index (χ2n) is 3.99. The van der Waals surface area contributed by atoms with Crippen LogP contribution in [0.1, 0.15) is 15.9 Å². The van der Waals surface area contributed by atoms with Gasteiger partial charge in [0.15, 0.2) is 0 Å². The average Bonchev–Trinajstić information content (AvgIpc) is 2.32. The van der Waals surface area contributed by atoms with E-state index in [2.05, 4.69) is 5.32 Å². The third-order valence-corrected chi connectivity index (χ3v) is 3.07. The third kappa shape index (κ3) is 2.63. The van der Waals surface area contributed by atoms with Gasteiger partial charge in [-0.1, -0.05) is 23.7 Å². The minimum atomic E-state index is -0.194. The number of nitrogen functional groups attached to an aromatic ring is 1. The van der Waals surface area contributed by atoms with Gasteiger partial charge in [-0.3, -0.25) is 4.79 Å². The fourth-order valence-electron chi connectivity index (χ4n) is 1.67. The van der Waals surface area contributed by atoms with Gasteiger partial charge in [-0.05, 0) is 42.8 Å². The molecule has 0 spiro atoms. The average molecular weight is 261 g/mol. The SMILES string of the molecule is Cc1c(Cl)cccc1C(=O)Nc1cccc(N)c1. The second kappa shape index (κ2) is 5.10. The molecule has 0 saturated carbocycles. The molecule has 0 aliphatic rings. The van der Waals surface area contributed by atoms with Gasteiger partial charge >= 0.3 is 0 Å². The minimum Gasteiger partial charge on any atom is -0.399 e. The Morgan fingerprint density at radius 3 is 2.67 bits per heavy atom. The van der Waals surface area contributed by atoms with Crippen LogP contribution < -0.4 is 11.1 Å². The third-order valence-electron chi connectivity index (χ3n) is 2.66. The maximum atomic E-state index is 12.1. The fourth-order valence-corrected chi connectivity index (χ4v) is 1.84. The quantitative estimate of drug-likeness (QED) is 0.812. The molecule has 3 nitrogen and oxygen atoms in total. The molecule has 18 heavy (non-hydrogen) atoms. The number of nitrogens with one attached hydrogen (secondary N) is 1. The fraction of sp³-hybridized carbons (Fsp3) is 0.0714. The van der Waals surface area contributed by atoms with E-state index in [9.17, 15) is 4.79 Å². The topological polar surface area (TPSA) is 55.1 Å². The zero-order chi connectivity index (χ0) is 13.1. The van der Waals surface area contributed by atoms with E-state index < -0.39 is 0 Å². The van der Waals surface area contributed by atoms with Crippen LogP contribution in [0, 0.1) is 6.92 Å². The van der Waals surface area contributed by atoms with Crippen LogP contribution in [-0.2, 0) is 0 Å². The first kappa shape index (κ1) is 12.5. The predicted molar refractivity (Wildman–Crippen MR) is 75.0 cm³/mol. The highest BCUT2D eigenvalue weighted by Gasteiger charge is 2.10. The number of rotatable bonds is 2. The highest BCUT2D eigenvalue weighted by Crippen LogP contribution is 2.20. The summed E-state index contributed by atoms with van der Waals surface area (Å²) in [5.41, 5.74) is 8.25. The van der Waals surface area contributed by atoms with Gasteiger partial charge in [0, 0.05) is 22.0 Å². The van der Waals surface area contributed by atoms with Gasteiger partial charge in [-0.2, -0.15) is 0 Å². The van der Waals surface area contributed by atoms with E-state index in [1.54, 1.807) is 42.5 Å². The molecule has 1 amide bonds. The van der Waals surface area contributed by atoms with Crippen LogP contribution in [0.15, 0.2) is 42.5 Å². The Kier molecular flexibility index (Phi) is 3.53. The number of carbonyl (C=O) groups is 1. The first-order chi connectivity index (χ1) is 8.58. The highest BCUT2D eigenvalue weighted by molar-refractivity contribution is 6.32. The molecule has 0 atom stereocenters. The summed E-state index contributed by atoms with van der Waals surface area (Å²) in [7, 11) is 0. The van der Waals surface area contributed by atoms with E-state index in [0.29, 0.717) is 22.0 Å². The summed E-state index contributed by atoms with van der Waals surface area (Å²) < 4.78 is 0. The van der Waals surface area contributed by atoms with E-state index in [1.807, 2.05) is 6.92 Å². The summed E-state index contributed by atoms with van der Waals surface area (Å²) in [5, 5.41) is 3.37. The number of anilines is 2. The van der Waals surface area contributed by atoms with E-state index in [1.165, 1.54) is 0 Å². The zero-order valence-corrected chi connectivity index (χ0v) is 10.7. The summed E-state index contributed by atoms with van der Waals surface area (Å²) >= 11 is 5.99. The zero-order valence-electron chi connectivity index (χ0n) is 9.91. The summed E-state index contributed by atoms with van der Waals surface area (Å²) in [5.74, 6) is -0.194. The predicted octanol–water partition coefficient (Wildman–Crippen LogP) is 3.48. The van der Waals surface area contributed by atoms with Gasteiger partial charge < -0.3 is 11.1 Å². The summed E-state index contributed by atoms with van der Waals surface area (Å²) in [4.78, 5) is 12.1. The molecule has 0 saturated heterocycles. The molecular weight excluding hydrogens is 248 g/mol. The molecule has 0 bridgehead atoms. The van der Waals surface area contributed by atoms with Crippen molar-refractivity contribution in [3.05, 3.63) is 58.6 Å². The van der Waals surface area contributed by atoms with Crippen molar-refractivity contribution >= 4 is 28.9 Å². The first-order valence-electron chi connectivity index (χ1n) is 5.50. The van der Waals surface area contributed by atoms with Crippen molar-refractivity contribution in [2.45, 2.75) is 6.92 Å². The van der Waals surface area contributed by atoms with Crippen LogP contribution in [0.4, 0.5) is 11.4 Å². The molecule has 0 aliphatic carbocycles. The van der Waals surface area contributed by atoms with Gasteiger partial charge in [0.05, 0.1) is 0 Å². The van der Waals surface area contributed by atoms with Crippen molar-refractivity contribution in [1.29, 1.82) is 0 Å². The monoisotopic (exact) mass is 260 g/mol. The van der Waals surface area contributed by atoms with Crippen molar-refractivity contribution in [2.75, 3.05) is 11.1 Å². The van der Waals surface area contributed by atoms with Gasteiger partial charge in [0.2, 0.25) is 0 Å². The normalized spacial score (nSPS) is 10.1. The lowest BCUT2D eigenvalue weighted by Crippen LogP contribution is -2.13. The summed E-state index contributed by atoms with van der Waals surface area (Å²) in [6.45, 7) is 1.82. The Balaban J connectivity index is 2.25. The Hall–Kier alpha value is -2.00. The van der Waals surface area contributed by atoms with Gasteiger partial charge in [-0.25, -0.2) is 0 Å². The molecule has 2 aromatic carbocycles. The minimum absolute atomic E-state index is 0.194. The highest BCUT2D eigenvalue weighted by atomic mass is 35.5.